The summed E-state index contributed by atoms with van der Waals surface area (Å²) in [6.07, 6.45) is 0. The number of hydrogen-bond acceptors (Lipinski definition) is 3. The maximum Gasteiger partial charge on any atom is 0.343 e. The average molecular weight is 346 g/mol. The van der Waals surface area contributed by atoms with Crippen molar-refractivity contribution in [1.82, 2.24) is 0 Å². The molecule has 3 heteroatoms. The third-order valence-corrected chi connectivity index (χ3v) is 4.72. The van der Waals surface area contributed by atoms with Gasteiger partial charge in [0.25, 0.3) is 0 Å². The molecule has 0 aliphatic carbocycles. The maximum atomic E-state index is 11.2. The molecule has 3 aromatic carbocycles. The molecule has 26 heavy (non-hydrogen) atoms. The van der Waals surface area contributed by atoms with Crippen molar-refractivity contribution in [2.24, 2.45) is 0 Å². The molecule has 0 spiro atoms. The van der Waals surface area contributed by atoms with Crippen LogP contribution in [0.25, 0.3) is 0 Å². The summed E-state index contributed by atoms with van der Waals surface area (Å²) in [6, 6.07) is 28.8. The van der Waals surface area contributed by atoms with Gasteiger partial charge in [0.15, 0.2) is 6.61 Å². The van der Waals surface area contributed by atoms with Crippen molar-refractivity contribution in [2.45, 2.75) is 12.3 Å². The number of hydrogen-bond donors (Lipinski definition) is 0. The van der Waals surface area contributed by atoms with E-state index < -0.39 is 5.97 Å². The Kier molecular flexibility index (Phi) is 5.37. The van der Waals surface area contributed by atoms with E-state index in [1.165, 1.54) is 18.2 Å². The molecule has 0 saturated carbocycles. The second-order valence-corrected chi connectivity index (χ2v) is 6.25. The minimum absolute atomic E-state index is 0.0928. The van der Waals surface area contributed by atoms with E-state index in [-0.39, 0.29) is 12.0 Å². The second kappa shape index (κ2) is 7.87. The van der Waals surface area contributed by atoms with Gasteiger partial charge in [-0.05, 0) is 35.7 Å². The molecule has 0 heterocycles. The first-order valence-corrected chi connectivity index (χ1v) is 8.56. The lowest BCUT2D eigenvalue weighted by molar-refractivity contribution is -0.142. The van der Waals surface area contributed by atoms with Gasteiger partial charge in [0, 0.05) is 5.41 Å². The van der Waals surface area contributed by atoms with Crippen LogP contribution in [0.15, 0.2) is 84.9 Å². The number of rotatable bonds is 6. The molecule has 0 radical (unpaired) electrons. The van der Waals surface area contributed by atoms with Crippen LogP contribution in [0.2, 0.25) is 0 Å². The third kappa shape index (κ3) is 3.62. The number of ether oxygens (including phenoxy) is 2. The second-order valence-electron chi connectivity index (χ2n) is 6.25. The standard InChI is InChI=1S/C23H22O3/c1-23(18-9-5-3-6-10-18,19-11-7-4-8-12-19)20-13-15-21(16-14-20)26-17-22(24)25-2/h3-16H,17H2,1-2H3. The molecule has 3 nitrogen and oxygen atoms in total. The van der Waals surface area contributed by atoms with E-state index in [1.807, 2.05) is 36.4 Å². The van der Waals surface area contributed by atoms with Crippen LogP contribution < -0.4 is 4.74 Å². The molecule has 0 N–H and O–H groups in total. The molecule has 0 unspecified atom stereocenters. The van der Waals surface area contributed by atoms with Crippen LogP contribution in [0.1, 0.15) is 23.6 Å². The van der Waals surface area contributed by atoms with Crippen molar-refractivity contribution in [3.8, 4) is 5.75 Å². The van der Waals surface area contributed by atoms with Crippen LogP contribution >= 0.6 is 0 Å². The van der Waals surface area contributed by atoms with Gasteiger partial charge in [-0.25, -0.2) is 4.79 Å². The Morgan fingerprint density at radius 3 is 1.69 bits per heavy atom. The average Bonchev–Trinajstić information content (AvgIpc) is 2.73. The van der Waals surface area contributed by atoms with E-state index in [0.717, 1.165) is 5.56 Å². The molecule has 0 bridgehead atoms. The van der Waals surface area contributed by atoms with Gasteiger partial charge in [-0.1, -0.05) is 72.8 Å². The van der Waals surface area contributed by atoms with Gasteiger partial charge >= 0.3 is 5.97 Å². The van der Waals surface area contributed by atoms with E-state index in [2.05, 4.69) is 60.2 Å². The minimum Gasteiger partial charge on any atom is -0.482 e. The van der Waals surface area contributed by atoms with Gasteiger partial charge in [0.2, 0.25) is 0 Å². The summed E-state index contributed by atoms with van der Waals surface area (Å²) >= 11 is 0. The molecule has 3 rings (SSSR count). The smallest absolute Gasteiger partial charge is 0.343 e. The molecule has 0 saturated heterocycles. The van der Waals surface area contributed by atoms with Crippen molar-refractivity contribution in [3.63, 3.8) is 0 Å². The number of methoxy groups -OCH3 is 1. The van der Waals surface area contributed by atoms with Crippen molar-refractivity contribution < 1.29 is 14.3 Å². The molecule has 0 fully saturated rings. The van der Waals surface area contributed by atoms with Gasteiger partial charge in [-0.2, -0.15) is 0 Å². The zero-order valence-electron chi connectivity index (χ0n) is 15.0. The van der Waals surface area contributed by atoms with Crippen LogP contribution in [0.4, 0.5) is 0 Å². The molecule has 0 aliphatic rings. The van der Waals surface area contributed by atoms with E-state index in [1.54, 1.807) is 0 Å². The van der Waals surface area contributed by atoms with Gasteiger partial charge in [0.05, 0.1) is 7.11 Å². The van der Waals surface area contributed by atoms with Crippen LogP contribution in [-0.4, -0.2) is 19.7 Å². The van der Waals surface area contributed by atoms with Gasteiger partial charge in [-0.15, -0.1) is 0 Å². The van der Waals surface area contributed by atoms with E-state index in [4.69, 9.17) is 4.74 Å². The minimum atomic E-state index is -0.396. The highest BCUT2D eigenvalue weighted by molar-refractivity contribution is 5.70. The fourth-order valence-electron chi connectivity index (χ4n) is 3.13. The lowest BCUT2D eigenvalue weighted by Crippen LogP contribution is -2.25. The normalized spacial score (nSPS) is 11.0. The summed E-state index contributed by atoms with van der Waals surface area (Å²) < 4.78 is 10.1. The fourth-order valence-corrected chi connectivity index (χ4v) is 3.13. The predicted octanol–water partition coefficient (Wildman–Crippen LogP) is 4.59. The number of carbonyl (C=O) groups is 1. The predicted molar refractivity (Wildman–Crippen MR) is 102 cm³/mol. The van der Waals surface area contributed by atoms with Gasteiger partial charge in [-0.3, -0.25) is 0 Å². The van der Waals surface area contributed by atoms with Crippen molar-refractivity contribution >= 4 is 5.97 Å². The van der Waals surface area contributed by atoms with E-state index in [9.17, 15) is 4.79 Å². The van der Waals surface area contributed by atoms with Crippen LogP contribution in [0.3, 0.4) is 0 Å². The zero-order valence-corrected chi connectivity index (χ0v) is 15.0. The molecule has 0 aromatic heterocycles. The molecule has 0 aliphatic heterocycles. The Balaban J connectivity index is 1.97. The molecule has 0 amide bonds. The quantitative estimate of drug-likeness (QED) is 0.484. The number of carbonyl (C=O) groups excluding carboxylic acids is 1. The van der Waals surface area contributed by atoms with E-state index in [0.29, 0.717) is 5.75 Å². The third-order valence-electron chi connectivity index (χ3n) is 4.72. The SMILES string of the molecule is COC(=O)COc1ccc(C(C)(c2ccccc2)c2ccccc2)cc1. The monoisotopic (exact) mass is 346 g/mol. The lowest BCUT2D eigenvalue weighted by Gasteiger charge is -2.32. The maximum absolute atomic E-state index is 11.2. The Hall–Kier alpha value is -3.07. The Bertz CT molecular complexity index is 800. The van der Waals surface area contributed by atoms with Gasteiger partial charge in [0.1, 0.15) is 5.75 Å². The topological polar surface area (TPSA) is 35.5 Å². The molecular formula is C23H22O3. The molecule has 132 valence electrons. The number of benzene rings is 3. The van der Waals surface area contributed by atoms with Crippen molar-refractivity contribution in [3.05, 3.63) is 102 Å². The summed E-state index contributed by atoms with van der Waals surface area (Å²) in [5, 5.41) is 0. The summed E-state index contributed by atoms with van der Waals surface area (Å²) in [4.78, 5) is 11.2. The Labute approximate surface area is 154 Å². The first-order chi connectivity index (χ1) is 12.6. The lowest BCUT2D eigenvalue weighted by atomic mass is 9.71. The highest BCUT2D eigenvalue weighted by atomic mass is 16.6. The zero-order chi connectivity index (χ0) is 18.4. The van der Waals surface area contributed by atoms with Crippen LogP contribution in [0, 0.1) is 0 Å². The summed E-state index contributed by atoms with van der Waals surface area (Å²) in [5.41, 5.74) is 3.30. The largest absolute Gasteiger partial charge is 0.482 e. The molecular weight excluding hydrogens is 324 g/mol. The van der Waals surface area contributed by atoms with Crippen molar-refractivity contribution in [1.29, 1.82) is 0 Å². The first-order valence-electron chi connectivity index (χ1n) is 8.56. The Morgan fingerprint density at radius 1 is 0.769 bits per heavy atom. The fraction of sp³-hybridized carbons (Fsp3) is 0.174. The van der Waals surface area contributed by atoms with E-state index >= 15 is 0 Å². The summed E-state index contributed by atoms with van der Waals surface area (Å²) in [6.45, 7) is 2.13. The highest BCUT2D eigenvalue weighted by Gasteiger charge is 2.30. The molecule has 0 atom stereocenters. The van der Waals surface area contributed by atoms with Crippen molar-refractivity contribution in [2.75, 3.05) is 13.7 Å². The van der Waals surface area contributed by atoms with Crippen LogP contribution in [-0.2, 0) is 14.9 Å². The summed E-state index contributed by atoms with van der Waals surface area (Å²) in [7, 11) is 1.35. The number of esters is 1. The molecule has 3 aromatic rings. The highest BCUT2D eigenvalue weighted by Crippen LogP contribution is 2.39. The Morgan fingerprint density at radius 2 is 1.23 bits per heavy atom. The first kappa shape index (κ1) is 17.7. The van der Waals surface area contributed by atoms with Crippen LogP contribution in [0.5, 0.6) is 5.75 Å². The summed E-state index contributed by atoms with van der Waals surface area (Å²) in [5.74, 6) is 0.245. The van der Waals surface area contributed by atoms with Gasteiger partial charge < -0.3 is 9.47 Å².